The molecule has 0 radical (unpaired) electrons. The van der Waals surface area contributed by atoms with Gasteiger partial charge in [-0.2, -0.15) is 0 Å². The lowest BCUT2D eigenvalue weighted by molar-refractivity contribution is -0.384. The molecular weight excluding hydrogens is 240 g/mol. The minimum Gasteiger partial charge on any atom is -0.476 e. The van der Waals surface area contributed by atoms with E-state index in [4.69, 9.17) is 9.52 Å². The quantitative estimate of drug-likeness (QED) is 0.659. The van der Waals surface area contributed by atoms with Gasteiger partial charge in [0, 0.05) is 17.7 Å². The van der Waals surface area contributed by atoms with Crippen LogP contribution in [0.2, 0.25) is 0 Å². The summed E-state index contributed by atoms with van der Waals surface area (Å²) in [5.74, 6) is -1.17. The average molecular weight is 248 g/mol. The normalized spacial score (nSPS) is 10.3. The van der Waals surface area contributed by atoms with Gasteiger partial charge >= 0.3 is 5.97 Å². The number of nitro benzene ring substituents is 1. The SMILES string of the molecule is Cc1cc(-c2nc(C(=O)O)co2)cc([N+](=O)[O-])c1. The molecule has 0 aliphatic carbocycles. The van der Waals surface area contributed by atoms with E-state index in [1.165, 1.54) is 12.1 Å². The number of rotatable bonds is 3. The van der Waals surface area contributed by atoms with Gasteiger partial charge in [0.05, 0.1) is 4.92 Å². The second-order valence-electron chi connectivity index (χ2n) is 3.66. The van der Waals surface area contributed by atoms with Crippen LogP contribution in [-0.2, 0) is 0 Å². The smallest absolute Gasteiger partial charge is 0.357 e. The third kappa shape index (κ3) is 2.19. The standard InChI is InChI=1S/C11H8N2O5/c1-6-2-7(4-8(3-6)13(16)17)10-12-9(5-18-10)11(14)15/h2-5H,1H3,(H,14,15). The molecular formula is C11H8N2O5. The fourth-order valence-corrected chi connectivity index (χ4v) is 1.50. The summed E-state index contributed by atoms with van der Waals surface area (Å²) >= 11 is 0. The Morgan fingerprint density at radius 1 is 1.44 bits per heavy atom. The van der Waals surface area contributed by atoms with Crippen molar-refractivity contribution >= 4 is 11.7 Å². The molecule has 1 N–H and O–H groups in total. The minimum atomic E-state index is -1.22. The summed E-state index contributed by atoms with van der Waals surface area (Å²) in [5, 5.41) is 19.4. The number of hydrogen-bond acceptors (Lipinski definition) is 5. The number of non-ortho nitro benzene ring substituents is 1. The first kappa shape index (κ1) is 11.8. The Morgan fingerprint density at radius 3 is 2.72 bits per heavy atom. The maximum Gasteiger partial charge on any atom is 0.357 e. The number of carboxylic acid groups (broad SMARTS) is 1. The van der Waals surface area contributed by atoms with Crippen LogP contribution >= 0.6 is 0 Å². The van der Waals surface area contributed by atoms with Gasteiger partial charge in [-0.15, -0.1) is 0 Å². The Labute approximate surface area is 101 Å². The van der Waals surface area contributed by atoms with Crippen molar-refractivity contribution in [2.45, 2.75) is 6.92 Å². The van der Waals surface area contributed by atoms with Gasteiger partial charge in [-0.3, -0.25) is 10.1 Å². The van der Waals surface area contributed by atoms with Crippen molar-refractivity contribution < 1.29 is 19.2 Å². The molecule has 1 heterocycles. The summed E-state index contributed by atoms with van der Waals surface area (Å²) in [4.78, 5) is 24.6. The molecule has 2 aromatic rings. The Hall–Kier alpha value is -2.70. The number of hydrogen-bond donors (Lipinski definition) is 1. The number of aromatic carboxylic acids is 1. The van der Waals surface area contributed by atoms with Gasteiger partial charge in [0.25, 0.3) is 5.69 Å². The molecule has 0 amide bonds. The van der Waals surface area contributed by atoms with Crippen LogP contribution in [0.5, 0.6) is 0 Å². The largest absolute Gasteiger partial charge is 0.476 e. The first-order valence-electron chi connectivity index (χ1n) is 4.92. The Kier molecular flexibility index (Phi) is 2.80. The van der Waals surface area contributed by atoms with E-state index in [-0.39, 0.29) is 17.3 Å². The molecule has 0 spiro atoms. The van der Waals surface area contributed by atoms with E-state index < -0.39 is 10.9 Å². The van der Waals surface area contributed by atoms with Gasteiger partial charge < -0.3 is 9.52 Å². The number of carbonyl (C=O) groups is 1. The fourth-order valence-electron chi connectivity index (χ4n) is 1.50. The van der Waals surface area contributed by atoms with E-state index in [9.17, 15) is 14.9 Å². The van der Waals surface area contributed by atoms with Crippen molar-refractivity contribution in [1.82, 2.24) is 4.98 Å². The fraction of sp³-hybridized carbons (Fsp3) is 0.0909. The second kappa shape index (κ2) is 4.28. The highest BCUT2D eigenvalue weighted by atomic mass is 16.6. The molecule has 0 atom stereocenters. The number of aromatic nitrogens is 1. The van der Waals surface area contributed by atoms with Crippen LogP contribution in [0.4, 0.5) is 5.69 Å². The van der Waals surface area contributed by atoms with Crippen molar-refractivity contribution in [2.24, 2.45) is 0 Å². The van der Waals surface area contributed by atoms with Crippen LogP contribution < -0.4 is 0 Å². The Bertz CT molecular complexity index is 632. The number of carboxylic acids is 1. The molecule has 18 heavy (non-hydrogen) atoms. The zero-order valence-corrected chi connectivity index (χ0v) is 9.28. The lowest BCUT2D eigenvalue weighted by atomic mass is 10.1. The van der Waals surface area contributed by atoms with E-state index in [1.54, 1.807) is 13.0 Å². The van der Waals surface area contributed by atoms with E-state index >= 15 is 0 Å². The van der Waals surface area contributed by atoms with Crippen LogP contribution in [0.1, 0.15) is 16.1 Å². The second-order valence-corrected chi connectivity index (χ2v) is 3.66. The lowest BCUT2D eigenvalue weighted by Crippen LogP contribution is -1.96. The van der Waals surface area contributed by atoms with Crippen LogP contribution in [0, 0.1) is 17.0 Å². The molecule has 0 saturated heterocycles. The first-order valence-corrected chi connectivity index (χ1v) is 4.92. The van der Waals surface area contributed by atoms with E-state index in [2.05, 4.69) is 4.98 Å². The van der Waals surface area contributed by atoms with Gasteiger partial charge in [-0.25, -0.2) is 9.78 Å². The molecule has 7 nitrogen and oxygen atoms in total. The zero-order chi connectivity index (χ0) is 13.3. The maximum absolute atomic E-state index is 10.7. The van der Waals surface area contributed by atoms with Crippen LogP contribution in [0.3, 0.4) is 0 Å². The topological polar surface area (TPSA) is 106 Å². The number of oxazole rings is 1. The number of benzene rings is 1. The Morgan fingerprint density at radius 2 is 2.17 bits per heavy atom. The predicted octanol–water partition coefficient (Wildman–Crippen LogP) is 2.26. The van der Waals surface area contributed by atoms with Gasteiger partial charge in [0.15, 0.2) is 5.69 Å². The molecule has 0 fully saturated rings. The van der Waals surface area contributed by atoms with Crippen molar-refractivity contribution in [3.05, 3.63) is 45.8 Å². The number of nitrogens with zero attached hydrogens (tertiary/aromatic N) is 2. The summed E-state index contributed by atoms with van der Waals surface area (Å²) in [6.45, 7) is 1.69. The summed E-state index contributed by atoms with van der Waals surface area (Å²) in [5.41, 5.74) is 0.692. The summed E-state index contributed by atoms with van der Waals surface area (Å²) in [6, 6.07) is 4.32. The monoisotopic (exact) mass is 248 g/mol. The molecule has 0 aliphatic heterocycles. The molecule has 92 valence electrons. The van der Waals surface area contributed by atoms with E-state index in [1.807, 2.05) is 0 Å². The third-order valence-corrected chi connectivity index (χ3v) is 2.24. The third-order valence-electron chi connectivity index (χ3n) is 2.24. The molecule has 0 unspecified atom stereocenters. The predicted molar refractivity (Wildman–Crippen MR) is 60.3 cm³/mol. The van der Waals surface area contributed by atoms with Crippen molar-refractivity contribution in [3.8, 4) is 11.5 Å². The lowest BCUT2D eigenvalue weighted by Gasteiger charge is -1.98. The van der Waals surface area contributed by atoms with Crippen LogP contribution in [0.25, 0.3) is 11.5 Å². The highest BCUT2D eigenvalue weighted by Gasteiger charge is 2.15. The molecule has 0 aliphatic rings. The van der Waals surface area contributed by atoms with Gasteiger partial charge in [0.1, 0.15) is 6.26 Å². The molecule has 1 aromatic heterocycles. The minimum absolute atomic E-state index is 0.0409. The maximum atomic E-state index is 10.7. The average Bonchev–Trinajstić information content (AvgIpc) is 2.77. The van der Waals surface area contributed by atoms with Crippen LogP contribution in [0.15, 0.2) is 28.9 Å². The number of nitro groups is 1. The number of aryl methyl sites for hydroxylation is 1. The van der Waals surface area contributed by atoms with E-state index in [0.717, 1.165) is 6.26 Å². The summed E-state index contributed by atoms with van der Waals surface area (Å²) < 4.78 is 4.99. The van der Waals surface area contributed by atoms with Crippen molar-refractivity contribution in [2.75, 3.05) is 0 Å². The molecule has 0 saturated carbocycles. The summed E-state index contributed by atoms with van der Waals surface area (Å²) in [6.07, 6.45) is 0.992. The first-order chi connectivity index (χ1) is 8.47. The van der Waals surface area contributed by atoms with Gasteiger partial charge in [-0.1, -0.05) is 0 Å². The summed E-state index contributed by atoms with van der Waals surface area (Å²) in [7, 11) is 0. The highest BCUT2D eigenvalue weighted by molar-refractivity contribution is 5.85. The zero-order valence-electron chi connectivity index (χ0n) is 9.28. The van der Waals surface area contributed by atoms with E-state index in [0.29, 0.717) is 11.1 Å². The van der Waals surface area contributed by atoms with Crippen molar-refractivity contribution in [1.29, 1.82) is 0 Å². The molecule has 1 aromatic carbocycles. The Balaban J connectivity index is 2.49. The van der Waals surface area contributed by atoms with Gasteiger partial charge in [-0.05, 0) is 18.6 Å². The highest BCUT2D eigenvalue weighted by Crippen LogP contribution is 2.25. The molecule has 0 bridgehead atoms. The van der Waals surface area contributed by atoms with Gasteiger partial charge in [0.2, 0.25) is 5.89 Å². The molecule has 2 rings (SSSR count). The molecule has 7 heteroatoms. The van der Waals surface area contributed by atoms with Crippen molar-refractivity contribution in [3.63, 3.8) is 0 Å². The van der Waals surface area contributed by atoms with Crippen LogP contribution in [-0.4, -0.2) is 21.0 Å².